The van der Waals surface area contributed by atoms with Crippen LogP contribution in [0, 0.1) is 0 Å². The van der Waals surface area contributed by atoms with E-state index in [1.807, 2.05) is 0 Å². The summed E-state index contributed by atoms with van der Waals surface area (Å²) in [5.74, 6) is -1.40. The first-order valence-corrected chi connectivity index (χ1v) is 5.93. The first-order chi connectivity index (χ1) is 9.60. The van der Waals surface area contributed by atoms with Crippen molar-refractivity contribution in [3.63, 3.8) is 0 Å². The quantitative estimate of drug-likeness (QED) is 0.660. The van der Waals surface area contributed by atoms with Crippen LogP contribution in [-0.4, -0.2) is 24.1 Å². The minimum Gasteiger partial charge on any atom is -0.478 e. The van der Waals surface area contributed by atoms with Gasteiger partial charge in [-0.05, 0) is 42.5 Å². The van der Waals surface area contributed by atoms with Gasteiger partial charge in [0.05, 0.1) is 11.1 Å². The lowest BCUT2D eigenvalue weighted by atomic mass is 10.2. The fourth-order valence-corrected chi connectivity index (χ4v) is 1.63. The molecule has 0 aliphatic carbocycles. The van der Waals surface area contributed by atoms with Gasteiger partial charge in [0.15, 0.2) is 0 Å². The molecule has 102 valence electrons. The second kappa shape index (κ2) is 5.88. The van der Waals surface area contributed by atoms with E-state index in [0.29, 0.717) is 5.56 Å². The van der Waals surface area contributed by atoms with E-state index in [-0.39, 0.29) is 11.3 Å². The fourth-order valence-electron chi connectivity index (χ4n) is 1.63. The van der Waals surface area contributed by atoms with Gasteiger partial charge in [0.2, 0.25) is 0 Å². The number of carbonyl (C=O) groups is 2. The molecular weight excluding hydrogens is 258 g/mol. The monoisotopic (exact) mass is 271 g/mol. The highest BCUT2D eigenvalue weighted by atomic mass is 16.5. The summed E-state index contributed by atoms with van der Waals surface area (Å²) in [6, 6.07) is 12.6. The van der Waals surface area contributed by atoms with Crippen LogP contribution in [-0.2, 0) is 0 Å². The number of carbonyl (C=O) groups excluding carboxylic acids is 1. The van der Waals surface area contributed by atoms with Gasteiger partial charge in [0, 0.05) is 12.7 Å². The van der Waals surface area contributed by atoms with Crippen LogP contribution in [0.2, 0.25) is 0 Å². The Bertz CT molecular complexity index is 635. The first-order valence-electron chi connectivity index (χ1n) is 5.93. The number of nitrogens with one attached hydrogen (secondary N) is 1. The molecule has 2 aromatic rings. The number of esters is 1. The number of aromatic carboxylic acids is 1. The van der Waals surface area contributed by atoms with Crippen molar-refractivity contribution >= 4 is 17.6 Å². The van der Waals surface area contributed by atoms with Crippen LogP contribution < -0.4 is 10.1 Å². The number of hydrogen-bond donors (Lipinski definition) is 2. The Morgan fingerprint density at radius 1 is 1.05 bits per heavy atom. The third kappa shape index (κ3) is 3.14. The predicted octanol–water partition coefficient (Wildman–Crippen LogP) is 2.65. The number of carboxylic acid groups (broad SMARTS) is 1. The van der Waals surface area contributed by atoms with Gasteiger partial charge in [0.25, 0.3) is 0 Å². The molecule has 0 radical (unpaired) electrons. The van der Waals surface area contributed by atoms with Crippen LogP contribution >= 0.6 is 0 Å². The molecule has 0 bridgehead atoms. The molecule has 5 nitrogen and oxygen atoms in total. The van der Waals surface area contributed by atoms with Crippen molar-refractivity contribution in [2.75, 3.05) is 12.4 Å². The molecule has 0 aromatic heterocycles. The average molecular weight is 271 g/mol. The standard InChI is InChI=1S/C15H13NO4/c1-16-12-7-5-10(6-8-12)15(19)20-13-4-2-3-11(9-13)14(17)18/h2-9,16H,1H3,(H,17,18). The molecule has 2 N–H and O–H groups in total. The third-order valence-electron chi connectivity index (χ3n) is 2.70. The zero-order chi connectivity index (χ0) is 14.5. The van der Waals surface area contributed by atoms with Gasteiger partial charge < -0.3 is 15.2 Å². The van der Waals surface area contributed by atoms with Gasteiger partial charge in [-0.25, -0.2) is 9.59 Å². The van der Waals surface area contributed by atoms with Crippen molar-refractivity contribution in [2.24, 2.45) is 0 Å². The molecule has 0 aliphatic heterocycles. The van der Waals surface area contributed by atoms with Gasteiger partial charge in [-0.1, -0.05) is 6.07 Å². The first kappa shape index (κ1) is 13.6. The minimum atomic E-state index is -1.07. The lowest BCUT2D eigenvalue weighted by Crippen LogP contribution is -2.09. The van der Waals surface area contributed by atoms with Crippen LogP contribution in [0.1, 0.15) is 20.7 Å². The highest BCUT2D eigenvalue weighted by molar-refractivity contribution is 5.92. The summed E-state index contributed by atoms with van der Waals surface area (Å²) in [4.78, 5) is 22.7. The maximum atomic E-state index is 11.9. The largest absolute Gasteiger partial charge is 0.478 e. The van der Waals surface area contributed by atoms with E-state index in [1.54, 1.807) is 31.3 Å². The van der Waals surface area contributed by atoms with Crippen molar-refractivity contribution < 1.29 is 19.4 Å². The van der Waals surface area contributed by atoms with E-state index in [2.05, 4.69) is 5.32 Å². The summed E-state index contributed by atoms with van der Waals surface area (Å²) in [6.07, 6.45) is 0. The SMILES string of the molecule is CNc1ccc(C(=O)Oc2cccc(C(=O)O)c2)cc1. The number of ether oxygens (including phenoxy) is 1. The molecule has 0 saturated carbocycles. The van der Waals surface area contributed by atoms with E-state index in [4.69, 9.17) is 9.84 Å². The van der Waals surface area contributed by atoms with Crippen molar-refractivity contribution in [2.45, 2.75) is 0 Å². The van der Waals surface area contributed by atoms with Gasteiger partial charge in [-0.15, -0.1) is 0 Å². The third-order valence-corrected chi connectivity index (χ3v) is 2.70. The number of benzene rings is 2. The smallest absolute Gasteiger partial charge is 0.343 e. The maximum absolute atomic E-state index is 11.9. The van der Waals surface area contributed by atoms with E-state index < -0.39 is 11.9 Å². The van der Waals surface area contributed by atoms with Gasteiger partial charge in [-0.3, -0.25) is 0 Å². The Labute approximate surface area is 115 Å². The molecule has 0 spiro atoms. The summed E-state index contributed by atoms with van der Waals surface area (Å²) in [5.41, 5.74) is 1.35. The van der Waals surface area contributed by atoms with Gasteiger partial charge in [-0.2, -0.15) is 0 Å². The van der Waals surface area contributed by atoms with Crippen LogP contribution in [0.25, 0.3) is 0 Å². The molecule has 0 unspecified atom stereocenters. The summed E-state index contributed by atoms with van der Waals surface area (Å²) in [5, 5.41) is 11.8. The number of carboxylic acids is 1. The molecule has 0 atom stereocenters. The van der Waals surface area contributed by atoms with Crippen molar-refractivity contribution in [1.82, 2.24) is 0 Å². The number of hydrogen-bond acceptors (Lipinski definition) is 4. The molecule has 0 aliphatic rings. The second-order valence-electron chi connectivity index (χ2n) is 4.05. The zero-order valence-corrected chi connectivity index (χ0v) is 10.8. The van der Waals surface area contributed by atoms with E-state index in [0.717, 1.165) is 5.69 Å². The molecule has 20 heavy (non-hydrogen) atoms. The Morgan fingerprint density at radius 2 is 1.75 bits per heavy atom. The molecule has 5 heteroatoms. The Balaban J connectivity index is 2.14. The minimum absolute atomic E-state index is 0.0702. The second-order valence-corrected chi connectivity index (χ2v) is 4.05. The van der Waals surface area contributed by atoms with Crippen LogP contribution in [0.3, 0.4) is 0 Å². The number of anilines is 1. The van der Waals surface area contributed by atoms with Crippen LogP contribution in [0.15, 0.2) is 48.5 Å². The molecule has 0 amide bonds. The van der Waals surface area contributed by atoms with Gasteiger partial charge in [0.1, 0.15) is 5.75 Å². The van der Waals surface area contributed by atoms with E-state index in [9.17, 15) is 9.59 Å². The number of rotatable bonds is 4. The summed E-state index contributed by atoms with van der Waals surface area (Å²) in [6.45, 7) is 0. The normalized spacial score (nSPS) is 9.85. The lowest BCUT2D eigenvalue weighted by molar-refractivity contribution is 0.0687. The van der Waals surface area contributed by atoms with E-state index in [1.165, 1.54) is 24.3 Å². The molecule has 2 rings (SSSR count). The van der Waals surface area contributed by atoms with Crippen LogP contribution in [0.4, 0.5) is 5.69 Å². The summed E-state index contributed by atoms with van der Waals surface area (Å²) >= 11 is 0. The molecule has 0 fully saturated rings. The zero-order valence-electron chi connectivity index (χ0n) is 10.8. The average Bonchev–Trinajstić information content (AvgIpc) is 2.47. The summed E-state index contributed by atoms with van der Waals surface area (Å²) < 4.78 is 5.14. The molecule has 2 aromatic carbocycles. The van der Waals surface area contributed by atoms with E-state index >= 15 is 0 Å². The van der Waals surface area contributed by atoms with Crippen LogP contribution in [0.5, 0.6) is 5.75 Å². The van der Waals surface area contributed by atoms with Crippen molar-refractivity contribution in [3.8, 4) is 5.75 Å². The Morgan fingerprint density at radius 3 is 2.35 bits per heavy atom. The molecule has 0 saturated heterocycles. The lowest BCUT2D eigenvalue weighted by Gasteiger charge is -2.06. The highest BCUT2D eigenvalue weighted by Crippen LogP contribution is 2.16. The topological polar surface area (TPSA) is 75.6 Å². The molecular formula is C15H13NO4. The summed E-state index contributed by atoms with van der Waals surface area (Å²) in [7, 11) is 1.78. The van der Waals surface area contributed by atoms with Crippen molar-refractivity contribution in [1.29, 1.82) is 0 Å². The molecule has 0 heterocycles. The maximum Gasteiger partial charge on any atom is 0.343 e. The van der Waals surface area contributed by atoms with Crippen molar-refractivity contribution in [3.05, 3.63) is 59.7 Å². The Kier molecular flexibility index (Phi) is 4.00. The highest BCUT2D eigenvalue weighted by Gasteiger charge is 2.10. The predicted molar refractivity (Wildman–Crippen MR) is 74.3 cm³/mol. The Hall–Kier alpha value is -2.82. The van der Waals surface area contributed by atoms with Gasteiger partial charge >= 0.3 is 11.9 Å². The fraction of sp³-hybridized carbons (Fsp3) is 0.0667.